The number of nitrogens with one attached hydrogen (secondary N) is 1. The fraction of sp³-hybridized carbons (Fsp3) is 0.450. The summed E-state index contributed by atoms with van der Waals surface area (Å²) in [5, 5.41) is 3.45. The molecule has 144 valence electrons. The van der Waals surface area contributed by atoms with E-state index in [9.17, 15) is 14.4 Å². The summed E-state index contributed by atoms with van der Waals surface area (Å²) >= 11 is 0. The molecular formula is C20H24N2O5. The van der Waals surface area contributed by atoms with E-state index in [-0.39, 0.29) is 23.9 Å². The molecule has 1 unspecified atom stereocenters. The first kappa shape index (κ1) is 18.9. The molecule has 1 saturated heterocycles. The number of nitrogens with zero attached hydrogens (tertiary/aromatic N) is 1. The standard InChI is InChI=1S/C20H24N2O5/c1-11-9-15(18-12(2)13(3)20(25)27-16(18)10-11)26-14(4)19(24)22-7-5-17(23)21-6-8-22/h9-10,14H,5-8H2,1-4H3,(H,21,23). The molecule has 3 rings (SSSR count). The largest absolute Gasteiger partial charge is 0.480 e. The molecule has 2 heterocycles. The van der Waals surface area contributed by atoms with Crippen molar-refractivity contribution >= 4 is 22.8 Å². The van der Waals surface area contributed by atoms with Crippen molar-refractivity contribution in [3.63, 3.8) is 0 Å². The molecule has 1 aliphatic rings. The molecule has 1 aromatic heterocycles. The first-order chi connectivity index (χ1) is 12.8. The molecule has 1 aliphatic heterocycles. The summed E-state index contributed by atoms with van der Waals surface area (Å²) in [7, 11) is 0. The lowest BCUT2D eigenvalue weighted by Gasteiger charge is -2.24. The summed E-state index contributed by atoms with van der Waals surface area (Å²) in [4.78, 5) is 37.9. The molecule has 1 atom stereocenters. The third-order valence-electron chi connectivity index (χ3n) is 4.93. The van der Waals surface area contributed by atoms with Gasteiger partial charge in [0.1, 0.15) is 11.3 Å². The number of amides is 2. The predicted octanol–water partition coefficient (Wildman–Crippen LogP) is 1.83. The van der Waals surface area contributed by atoms with Gasteiger partial charge >= 0.3 is 5.63 Å². The van der Waals surface area contributed by atoms with Gasteiger partial charge in [-0.25, -0.2) is 4.79 Å². The summed E-state index contributed by atoms with van der Waals surface area (Å²) in [6.07, 6.45) is -0.440. The molecule has 1 N–H and O–H groups in total. The van der Waals surface area contributed by atoms with Crippen molar-refractivity contribution in [1.82, 2.24) is 10.2 Å². The zero-order valence-corrected chi connectivity index (χ0v) is 16.0. The van der Waals surface area contributed by atoms with Crippen LogP contribution in [0.25, 0.3) is 11.0 Å². The van der Waals surface area contributed by atoms with Crippen LogP contribution in [0.15, 0.2) is 21.3 Å². The summed E-state index contributed by atoms with van der Waals surface area (Å²) in [5.74, 6) is 0.289. The molecule has 7 nitrogen and oxygen atoms in total. The minimum Gasteiger partial charge on any atom is -0.480 e. The second-order valence-corrected chi connectivity index (χ2v) is 6.96. The van der Waals surface area contributed by atoms with Crippen molar-refractivity contribution in [2.75, 3.05) is 19.6 Å². The Bertz CT molecular complexity index is 963. The highest BCUT2D eigenvalue weighted by molar-refractivity contribution is 5.89. The van der Waals surface area contributed by atoms with Crippen LogP contribution in [0.5, 0.6) is 5.75 Å². The smallest absolute Gasteiger partial charge is 0.339 e. The number of hydrogen-bond donors (Lipinski definition) is 1. The Balaban J connectivity index is 1.91. The van der Waals surface area contributed by atoms with E-state index in [1.54, 1.807) is 24.8 Å². The summed E-state index contributed by atoms with van der Waals surface area (Å²) in [5.41, 5.74) is 2.24. The monoisotopic (exact) mass is 372 g/mol. The Morgan fingerprint density at radius 1 is 1.19 bits per heavy atom. The summed E-state index contributed by atoms with van der Waals surface area (Å²) in [6.45, 7) is 8.39. The van der Waals surface area contributed by atoms with Gasteiger partial charge in [-0.05, 0) is 51.0 Å². The van der Waals surface area contributed by atoms with Gasteiger partial charge in [0.25, 0.3) is 5.91 Å². The van der Waals surface area contributed by atoms with E-state index < -0.39 is 6.10 Å². The van der Waals surface area contributed by atoms with Crippen molar-refractivity contribution < 1.29 is 18.7 Å². The van der Waals surface area contributed by atoms with Gasteiger partial charge in [0.15, 0.2) is 6.10 Å². The number of ether oxygens (including phenoxy) is 1. The van der Waals surface area contributed by atoms with Crippen molar-refractivity contribution in [2.24, 2.45) is 0 Å². The minimum absolute atomic E-state index is 0.0512. The van der Waals surface area contributed by atoms with Crippen molar-refractivity contribution in [3.05, 3.63) is 39.2 Å². The Morgan fingerprint density at radius 2 is 1.93 bits per heavy atom. The predicted molar refractivity (Wildman–Crippen MR) is 101 cm³/mol. The number of fused-ring (bicyclic) bond motifs is 1. The van der Waals surface area contributed by atoms with Crippen LogP contribution in [0.4, 0.5) is 0 Å². The van der Waals surface area contributed by atoms with Gasteiger partial charge in [0.05, 0.1) is 5.39 Å². The van der Waals surface area contributed by atoms with Gasteiger partial charge in [0, 0.05) is 31.6 Å². The lowest BCUT2D eigenvalue weighted by atomic mass is 10.0. The Morgan fingerprint density at radius 3 is 2.67 bits per heavy atom. The highest BCUT2D eigenvalue weighted by Gasteiger charge is 2.25. The highest BCUT2D eigenvalue weighted by Crippen LogP contribution is 2.31. The molecule has 0 bridgehead atoms. The first-order valence-corrected chi connectivity index (χ1v) is 9.04. The van der Waals surface area contributed by atoms with Crippen LogP contribution < -0.4 is 15.7 Å². The molecule has 2 amide bonds. The second-order valence-electron chi connectivity index (χ2n) is 6.96. The second kappa shape index (κ2) is 7.42. The topological polar surface area (TPSA) is 88.9 Å². The maximum absolute atomic E-state index is 12.8. The molecule has 1 aromatic carbocycles. The SMILES string of the molecule is Cc1cc(OC(C)C(=O)N2CCNC(=O)CC2)c2c(C)c(C)c(=O)oc2c1. The van der Waals surface area contributed by atoms with Gasteiger partial charge in [-0.15, -0.1) is 0 Å². The van der Waals surface area contributed by atoms with Gasteiger partial charge in [-0.3, -0.25) is 9.59 Å². The molecule has 7 heteroatoms. The van der Waals surface area contributed by atoms with E-state index in [4.69, 9.17) is 9.15 Å². The van der Waals surface area contributed by atoms with E-state index in [2.05, 4.69) is 5.32 Å². The summed E-state index contributed by atoms with van der Waals surface area (Å²) in [6, 6.07) is 3.63. The number of hydrogen-bond acceptors (Lipinski definition) is 5. The number of benzene rings is 1. The quantitative estimate of drug-likeness (QED) is 0.831. The molecule has 0 spiro atoms. The van der Waals surface area contributed by atoms with Crippen LogP contribution in [0.2, 0.25) is 0 Å². The average molecular weight is 372 g/mol. The first-order valence-electron chi connectivity index (χ1n) is 9.04. The third-order valence-corrected chi connectivity index (χ3v) is 4.93. The highest BCUT2D eigenvalue weighted by atomic mass is 16.5. The maximum atomic E-state index is 12.8. The molecule has 0 radical (unpaired) electrons. The van der Waals surface area contributed by atoms with Gasteiger partial charge in [0.2, 0.25) is 5.91 Å². The average Bonchev–Trinajstić information content (AvgIpc) is 2.83. The number of carbonyl (C=O) groups is 2. The van der Waals surface area contributed by atoms with E-state index in [0.717, 1.165) is 11.1 Å². The van der Waals surface area contributed by atoms with Crippen LogP contribution >= 0.6 is 0 Å². The van der Waals surface area contributed by atoms with E-state index >= 15 is 0 Å². The van der Waals surface area contributed by atoms with Crippen molar-refractivity contribution in [2.45, 2.75) is 40.2 Å². The zero-order chi connectivity index (χ0) is 19.7. The van der Waals surface area contributed by atoms with E-state index in [0.29, 0.717) is 41.9 Å². The fourth-order valence-corrected chi connectivity index (χ4v) is 3.27. The molecule has 1 fully saturated rings. The van der Waals surface area contributed by atoms with Crippen molar-refractivity contribution in [3.8, 4) is 5.75 Å². The lowest BCUT2D eigenvalue weighted by Crippen LogP contribution is -2.42. The zero-order valence-electron chi connectivity index (χ0n) is 16.0. The molecular weight excluding hydrogens is 348 g/mol. The van der Waals surface area contributed by atoms with Gasteiger partial charge in [-0.2, -0.15) is 0 Å². The molecule has 2 aromatic rings. The molecule has 27 heavy (non-hydrogen) atoms. The van der Waals surface area contributed by atoms with Gasteiger partial charge < -0.3 is 19.4 Å². The number of rotatable bonds is 3. The minimum atomic E-state index is -0.727. The van der Waals surface area contributed by atoms with Crippen LogP contribution in [-0.4, -0.2) is 42.5 Å². The summed E-state index contributed by atoms with van der Waals surface area (Å²) < 4.78 is 11.4. The third kappa shape index (κ3) is 3.82. The van der Waals surface area contributed by atoms with Crippen LogP contribution in [-0.2, 0) is 9.59 Å². The van der Waals surface area contributed by atoms with Gasteiger partial charge in [-0.1, -0.05) is 0 Å². The Kier molecular flexibility index (Phi) is 5.21. The van der Waals surface area contributed by atoms with Crippen molar-refractivity contribution in [1.29, 1.82) is 0 Å². The van der Waals surface area contributed by atoms with Crippen LogP contribution in [0.3, 0.4) is 0 Å². The van der Waals surface area contributed by atoms with Crippen LogP contribution in [0.1, 0.15) is 30.0 Å². The number of carbonyl (C=O) groups excluding carboxylic acids is 2. The molecule has 0 aliphatic carbocycles. The lowest BCUT2D eigenvalue weighted by molar-refractivity contribution is -0.137. The molecule has 0 saturated carbocycles. The maximum Gasteiger partial charge on any atom is 0.339 e. The van der Waals surface area contributed by atoms with E-state index in [1.165, 1.54) is 0 Å². The van der Waals surface area contributed by atoms with E-state index in [1.807, 2.05) is 19.9 Å². The van der Waals surface area contributed by atoms with Crippen LogP contribution in [0, 0.1) is 20.8 Å². The number of aryl methyl sites for hydroxylation is 2. The Hall–Kier alpha value is -2.83. The Labute approximate surface area is 157 Å². The fourth-order valence-electron chi connectivity index (χ4n) is 3.27. The normalized spacial score (nSPS) is 16.0.